The van der Waals surface area contributed by atoms with E-state index in [0.29, 0.717) is 11.3 Å². The molecule has 0 radical (unpaired) electrons. The largest absolute Gasteiger partial charge is 0.454 e. The third-order valence-corrected chi connectivity index (χ3v) is 8.53. The van der Waals surface area contributed by atoms with E-state index in [1.165, 1.54) is 13.0 Å². The smallest absolute Gasteiger partial charge is 0.330 e. The first kappa shape index (κ1) is 26.6. The standard InChI is InChI=1S/C33H30N2O6/c1-17(2)30(33(40)41-16-25(37)34-20-10-8-9-19(15-20)18(3)36)35-31(38)28-26-21-11-4-5-12-22(21)27(29(28)32(35)39)24-14-7-6-13-23(24)26/h4-15,17,26-30H,16H2,1-3H3,(H,34,37)/t26?,27?,28-,29-,30-/m0/s1. The number of hydrogen-bond donors (Lipinski definition) is 1. The van der Waals surface area contributed by atoms with E-state index in [0.717, 1.165) is 27.2 Å². The van der Waals surface area contributed by atoms with Crippen molar-refractivity contribution >= 4 is 35.2 Å². The number of nitrogens with zero attached hydrogens (tertiary/aromatic N) is 1. The van der Waals surface area contributed by atoms with Crippen molar-refractivity contribution in [1.29, 1.82) is 0 Å². The van der Waals surface area contributed by atoms with E-state index >= 15 is 0 Å². The number of hydrogen-bond acceptors (Lipinski definition) is 6. The lowest BCUT2D eigenvalue weighted by molar-refractivity contribution is -0.162. The maximum atomic E-state index is 14.1. The molecule has 2 bridgehead atoms. The summed E-state index contributed by atoms with van der Waals surface area (Å²) in [7, 11) is 0. The van der Waals surface area contributed by atoms with Crippen LogP contribution in [0, 0.1) is 17.8 Å². The normalized spacial score (nSPS) is 22.6. The molecule has 1 saturated heterocycles. The third kappa shape index (κ3) is 4.25. The summed E-state index contributed by atoms with van der Waals surface area (Å²) in [6.07, 6.45) is 0. The average Bonchev–Trinajstić information content (AvgIpc) is 3.22. The number of Topliss-reactive ketones (excluding diaryl/α,β-unsaturated/α-hetero) is 1. The molecule has 3 atom stereocenters. The molecule has 0 unspecified atom stereocenters. The molecule has 8 nitrogen and oxygen atoms in total. The Labute approximate surface area is 237 Å². The molecule has 1 fully saturated rings. The maximum Gasteiger partial charge on any atom is 0.330 e. The molecular formula is C33H30N2O6. The van der Waals surface area contributed by atoms with Gasteiger partial charge in [0, 0.05) is 23.1 Å². The van der Waals surface area contributed by atoms with Gasteiger partial charge in [-0.1, -0.05) is 74.5 Å². The lowest BCUT2D eigenvalue weighted by Crippen LogP contribution is -2.49. The van der Waals surface area contributed by atoms with Gasteiger partial charge in [0.05, 0.1) is 11.8 Å². The molecule has 3 aliphatic carbocycles. The highest BCUT2D eigenvalue weighted by atomic mass is 16.5. The minimum atomic E-state index is -1.17. The van der Waals surface area contributed by atoms with Crippen molar-refractivity contribution in [2.75, 3.05) is 11.9 Å². The second-order valence-corrected chi connectivity index (χ2v) is 11.3. The molecule has 1 N–H and O–H groups in total. The van der Waals surface area contributed by atoms with Gasteiger partial charge in [-0.05, 0) is 47.2 Å². The summed E-state index contributed by atoms with van der Waals surface area (Å²) in [6, 6.07) is 21.2. The van der Waals surface area contributed by atoms with E-state index in [-0.39, 0.29) is 29.4 Å². The van der Waals surface area contributed by atoms with Crippen molar-refractivity contribution in [3.05, 3.63) is 101 Å². The van der Waals surface area contributed by atoms with Crippen LogP contribution < -0.4 is 5.32 Å². The Bertz CT molecular complexity index is 1490. The summed E-state index contributed by atoms with van der Waals surface area (Å²) in [5, 5.41) is 2.61. The Hall–Kier alpha value is -4.59. The molecule has 3 amide bonds. The van der Waals surface area contributed by atoms with Gasteiger partial charge in [-0.2, -0.15) is 0 Å². The van der Waals surface area contributed by atoms with E-state index in [4.69, 9.17) is 4.74 Å². The number of carbonyl (C=O) groups excluding carboxylic acids is 5. The van der Waals surface area contributed by atoms with Crippen LogP contribution >= 0.6 is 0 Å². The Kier molecular flexibility index (Phi) is 6.56. The summed E-state index contributed by atoms with van der Waals surface area (Å²) in [5.41, 5.74) is 5.03. The first-order chi connectivity index (χ1) is 19.7. The van der Waals surface area contributed by atoms with Crippen molar-refractivity contribution in [3.8, 4) is 0 Å². The predicted octanol–water partition coefficient (Wildman–Crippen LogP) is 4.29. The van der Waals surface area contributed by atoms with E-state index in [1.54, 1.807) is 32.0 Å². The number of amides is 3. The number of nitrogens with one attached hydrogen (secondary N) is 1. The molecule has 4 aliphatic rings. The van der Waals surface area contributed by atoms with Crippen LogP contribution in [0.1, 0.15) is 65.2 Å². The monoisotopic (exact) mass is 550 g/mol. The highest BCUT2D eigenvalue weighted by Crippen LogP contribution is 2.61. The van der Waals surface area contributed by atoms with Crippen molar-refractivity contribution in [2.24, 2.45) is 17.8 Å². The quantitative estimate of drug-likeness (QED) is 0.267. The van der Waals surface area contributed by atoms with Gasteiger partial charge in [-0.3, -0.25) is 24.1 Å². The molecule has 3 aromatic carbocycles. The van der Waals surface area contributed by atoms with E-state index in [9.17, 15) is 24.0 Å². The summed E-state index contributed by atoms with van der Waals surface area (Å²) in [5.74, 6) is -4.51. The number of rotatable bonds is 7. The molecule has 1 aliphatic heterocycles. The minimum Gasteiger partial charge on any atom is -0.454 e. The first-order valence-corrected chi connectivity index (χ1v) is 13.8. The summed E-state index contributed by atoms with van der Waals surface area (Å²) >= 11 is 0. The lowest BCUT2D eigenvalue weighted by Gasteiger charge is -2.45. The van der Waals surface area contributed by atoms with Gasteiger partial charge in [0.25, 0.3) is 5.91 Å². The highest BCUT2D eigenvalue weighted by Gasteiger charge is 2.63. The van der Waals surface area contributed by atoms with Crippen LogP contribution in [0.25, 0.3) is 0 Å². The number of imide groups is 1. The SMILES string of the molecule is CC(=O)c1cccc(NC(=O)COC(=O)[C@H](C(C)C)N2C(=O)[C@H]3C4c5ccccc5C(c5ccccc54)[C@@H]3C2=O)c1. The van der Waals surface area contributed by atoms with Gasteiger partial charge in [0.1, 0.15) is 6.04 Å². The van der Waals surface area contributed by atoms with Crippen LogP contribution in [0.4, 0.5) is 5.69 Å². The molecule has 41 heavy (non-hydrogen) atoms. The zero-order valence-corrected chi connectivity index (χ0v) is 23.0. The molecule has 0 spiro atoms. The first-order valence-electron chi connectivity index (χ1n) is 13.8. The molecule has 8 heteroatoms. The van der Waals surface area contributed by atoms with Gasteiger partial charge in [0.15, 0.2) is 12.4 Å². The summed E-state index contributed by atoms with van der Waals surface area (Å²) in [4.78, 5) is 66.8. The van der Waals surface area contributed by atoms with Crippen LogP contribution in [0.5, 0.6) is 0 Å². The summed E-state index contributed by atoms with van der Waals surface area (Å²) in [6.45, 7) is 4.33. The molecular weight excluding hydrogens is 520 g/mol. The van der Waals surface area contributed by atoms with Crippen LogP contribution in [-0.4, -0.2) is 47.0 Å². The minimum absolute atomic E-state index is 0.146. The van der Waals surface area contributed by atoms with Crippen molar-refractivity contribution in [2.45, 2.75) is 38.6 Å². The van der Waals surface area contributed by atoms with Gasteiger partial charge in [0.2, 0.25) is 11.8 Å². The Morgan fingerprint density at radius 3 is 1.78 bits per heavy atom. The molecule has 7 rings (SSSR count). The van der Waals surface area contributed by atoms with Crippen LogP contribution in [0.15, 0.2) is 72.8 Å². The number of ketones is 1. The fraction of sp³-hybridized carbons (Fsp3) is 0.303. The topological polar surface area (TPSA) is 110 Å². The fourth-order valence-corrected chi connectivity index (χ4v) is 6.89. The van der Waals surface area contributed by atoms with Crippen LogP contribution in [-0.2, 0) is 23.9 Å². The molecule has 3 aromatic rings. The van der Waals surface area contributed by atoms with E-state index in [1.807, 2.05) is 48.5 Å². The predicted molar refractivity (Wildman–Crippen MR) is 150 cm³/mol. The van der Waals surface area contributed by atoms with Crippen LogP contribution in [0.2, 0.25) is 0 Å². The van der Waals surface area contributed by atoms with E-state index < -0.39 is 42.3 Å². The van der Waals surface area contributed by atoms with Gasteiger partial charge in [-0.25, -0.2) is 4.79 Å². The lowest BCUT2D eigenvalue weighted by atomic mass is 9.55. The Morgan fingerprint density at radius 2 is 1.32 bits per heavy atom. The maximum absolute atomic E-state index is 14.1. The van der Waals surface area contributed by atoms with Crippen LogP contribution in [0.3, 0.4) is 0 Å². The average molecular weight is 551 g/mol. The number of anilines is 1. The van der Waals surface area contributed by atoms with E-state index in [2.05, 4.69) is 5.32 Å². The fourth-order valence-electron chi connectivity index (χ4n) is 6.89. The van der Waals surface area contributed by atoms with Crippen molar-refractivity contribution in [3.63, 3.8) is 0 Å². The Balaban J connectivity index is 1.24. The van der Waals surface area contributed by atoms with Crippen molar-refractivity contribution in [1.82, 2.24) is 4.90 Å². The molecule has 208 valence electrons. The molecule has 0 aromatic heterocycles. The second kappa shape index (κ2) is 10.1. The second-order valence-electron chi connectivity index (χ2n) is 11.3. The third-order valence-electron chi connectivity index (χ3n) is 8.53. The summed E-state index contributed by atoms with van der Waals surface area (Å²) < 4.78 is 5.37. The van der Waals surface area contributed by atoms with Gasteiger partial charge >= 0.3 is 5.97 Å². The Morgan fingerprint density at radius 1 is 0.805 bits per heavy atom. The molecule has 1 heterocycles. The zero-order chi connectivity index (χ0) is 29.0. The highest BCUT2D eigenvalue weighted by molar-refractivity contribution is 6.10. The molecule has 0 saturated carbocycles. The number of carbonyl (C=O) groups is 5. The number of esters is 1. The van der Waals surface area contributed by atoms with Gasteiger partial charge < -0.3 is 10.1 Å². The van der Waals surface area contributed by atoms with Gasteiger partial charge in [-0.15, -0.1) is 0 Å². The zero-order valence-electron chi connectivity index (χ0n) is 23.0. The number of ether oxygens (including phenoxy) is 1. The van der Waals surface area contributed by atoms with Crippen molar-refractivity contribution < 1.29 is 28.7 Å². The number of likely N-dealkylation sites (tertiary alicyclic amines) is 1. The number of benzene rings is 3.